The second-order valence-corrected chi connectivity index (χ2v) is 9.35. The van der Waals surface area contributed by atoms with Crippen LogP contribution in [0.25, 0.3) is 0 Å². The molecule has 0 spiro atoms. The van der Waals surface area contributed by atoms with Gasteiger partial charge in [0.2, 0.25) is 0 Å². The minimum absolute atomic E-state index is 0. The molecule has 0 unspecified atom stereocenters. The van der Waals surface area contributed by atoms with E-state index in [1.54, 1.807) is 18.2 Å². The topological polar surface area (TPSA) is 58.6 Å². The maximum atomic E-state index is 12.6. The van der Waals surface area contributed by atoms with Gasteiger partial charge < -0.3 is 9.64 Å². The molecule has 0 radical (unpaired) electrons. The number of fused-ring (bicyclic) bond motifs is 1. The fourth-order valence-electron chi connectivity index (χ4n) is 3.60. The maximum Gasteiger partial charge on any atom is 0.573 e. The monoisotopic (exact) mass is 532 g/mol. The first kappa shape index (κ1) is 28.1. The zero-order valence-corrected chi connectivity index (χ0v) is 19.4. The average Bonchev–Trinajstić information content (AvgIpc) is 2.88. The Kier molecular flexibility index (Phi) is 9.11. The molecule has 0 aliphatic carbocycles. The molecule has 5 nitrogen and oxygen atoms in total. The highest BCUT2D eigenvalue weighted by molar-refractivity contribution is 7.92. The molecule has 1 heterocycles. The number of nitrogens with zero attached hydrogens (tertiary/aromatic N) is 1. The molecule has 2 aromatic carbocycles. The van der Waals surface area contributed by atoms with E-state index < -0.39 is 34.7 Å². The first-order valence-corrected chi connectivity index (χ1v) is 11.6. The summed E-state index contributed by atoms with van der Waals surface area (Å²) in [5, 5.41) is 0. The Balaban J connectivity index is 0.00000408. The number of rotatable bonds is 7. The van der Waals surface area contributed by atoms with Crippen LogP contribution in [-0.2, 0) is 22.9 Å². The van der Waals surface area contributed by atoms with Gasteiger partial charge in [-0.05, 0) is 73.3 Å². The molecular formula is C21H23ClF6N2O3S. The number of ether oxygens (including phenoxy) is 1. The van der Waals surface area contributed by atoms with Gasteiger partial charge in [-0.25, -0.2) is 8.42 Å². The van der Waals surface area contributed by atoms with E-state index >= 15 is 0 Å². The summed E-state index contributed by atoms with van der Waals surface area (Å²) < 4.78 is 105. The molecule has 1 aliphatic heterocycles. The molecule has 13 heteroatoms. The summed E-state index contributed by atoms with van der Waals surface area (Å²) in [6.07, 6.45) is -8.67. The van der Waals surface area contributed by atoms with Gasteiger partial charge in [-0.2, -0.15) is 13.2 Å². The Morgan fingerprint density at radius 2 is 1.53 bits per heavy atom. The van der Waals surface area contributed by atoms with E-state index in [1.807, 2.05) is 4.90 Å². The zero-order chi connectivity index (χ0) is 24.3. The average molecular weight is 533 g/mol. The summed E-state index contributed by atoms with van der Waals surface area (Å²) in [6.45, 7) is 1.50. The normalized spacial score (nSPS) is 15.1. The largest absolute Gasteiger partial charge is 0.573 e. The molecule has 1 aliphatic rings. The second-order valence-electron chi connectivity index (χ2n) is 7.67. The van der Waals surface area contributed by atoms with Gasteiger partial charge >= 0.3 is 12.5 Å². The molecule has 3 rings (SSSR count). The third-order valence-corrected chi connectivity index (χ3v) is 6.55. The van der Waals surface area contributed by atoms with Crippen molar-refractivity contribution < 1.29 is 39.5 Å². The van der Waals surface area contributed by atoms with Gasteiger partial charge in [0.25, 0.3) is 10.0 Å². The van der Waals surface area contributed by atoms with Crippen LogP contribution in [0.5, 0.6) is 5.75 Å². The number of alkyl halides is 6. The molecule has 190 valence electrons. The molecule has 2 aromatic rings. The number of halogens is 7. The summed E-state index contributed by atoms with van der Waals surface area (Å²) in [5.74, 6) is -0.536. The Bertz CT molecular complexity index is 1060. The third-order valence-electron chi connectivity index (χ3n) is 5.16. The van der Waals surface area contributed by atoms with Crippen LogP contribution >= 0.6 is 12.4 Å². The second kappa shape index (κ2) is 11.0. The fourth-order valence-corrected chi connectivity index (χ4v) is 4.65. The van der Waals surface area contributed by atoms with Crippen LogP contribution in [0, 0.1) is 0 Å². The van der Waals surface area contributed by atoms with Crippen LogP contribution in [0.4, 0.5) is 32.0 Å². The Labute approximate surface area is 199 Å². The van der Waals surface area contributed by atoms with Gasteiger partial charge in [0.05, 0.1) is 4.90 Å². The highest BCUT2D eigenvalue weighted by Gasteiger charge is 2.31. The molecule has 34 heavy (non-hydrogen) atoms. The van der Waals surface area contributed by atoms with Crippen LogP contribution in [0.1, 0.15) is 24.0 Å². The quantitative estimate of drug-likeness (QED) is 0.475. The minimum atomic E-state index is -4.88. The van der Waals surface area contributed by atoms with Crippen molar-refractivity contribution in [2.24, 2.45) is 0 Å². The van der Waals surface area contributed by atoms with Gasteiger partial charge in [0.1, 0.15) is 5.75 Å². The van der Waals surface area contributed by atoms with Crippen molar-refractivity contribution in [2.45, 2.75) is 43.1 Å². The van der Waals surface area contributed by atoms with Crippen molar-refractivity contribution in [2.75, 3.05) is 24.4 Å². The lowest BCUT2D eigenvalue weighted by Crippen LogP contribution is -2.28. The van der Waals surface area contributed by atoms with Gasteiger partial charge in [-0.1, -0.05) is 6.07 Å². The van der Waals surface area contributed by atoms with Crippen molar-refractivity contribution in [3.8, 4) is 5.75 Å². The van der Waals surface area contributed by atoms with E-state index in [1.165, 1.54) is 0 Å². The van der Waals surface area contributed by atoms with E-state index in [0.29, 0.717) is 32.5 Å². The van der Waals surface area contributed by atoms with Crippen molar-refractivity contribution in [1.29, 1.82) is 0 Å². The predicted octanol–water partition coefficient (Wildman–Crippen LogP) is 5.55. The maximum absolute atomic E-state index is 12.6. The summed E-state index contributed by atoms with van der Waals surface area (Å²) in [7, 11) is -4.05. The predicted molar refractivity (Wildman–Crippen MR) is 117 cm³/mol. The van der Waals surface area contributed by atoms with E-state index in [2.05, 4.69) is 9.46 Å². The van der Waals surface area contributed by atoms with Gasteiger partial charge in [0, 0.05) is 25.2 Å². The fraction of sp³-hybridized carbons (Fsp3) is 0.429. The number of nitrogens with one attached hydrogen (secondary N) is 1. The lowest BCUT2D eigenvalue weighted by molar-refractivity contribution is -0.274. The first-order chi connectivity index (χ1) is 15.3. The highest BCUT2D eigenvalue weighted by atomic mass is 35.5. The van der Waals surface area contributed by atoms with Crippen molar-refractivity contribution in [1.82, 2.24) is 4.90 Å². The van der Waals surface area contributed by atoms with Crippen LogP contribution in [-0.4, -0.2) is 45.5 Å². The van der Waals surface area contributed by atoms with Crippen LogP contribution in [0.15, 0.2) is 47.4 Å². The van der Waals surface area contributed by atoms with Crippen LogP contribution < -0.4 is 9.46 Å². The summed E-state index contributed by atoms with van der Waals surface area (Å²) in [6, 6.07) is 8.85. The van der Waals surface area contributed by atoms with Crippen molar-refractivity contribution in [3.05, 3.63) is 53.6 Å². The first-order valence-electron chi connectivity index (χ1n) is 10.1. The number of benzene rings is 2. The lowest BCUT2D eigenvalue weighted by atomic mass is 10.0. The van der Waals surface area contributed by atoms with Crippen molar-refractivity contribution >= 4 is 28.1 Å². The minimum Gasteiger partial charge on any atom is -0.406 e. The van der Waals surface area contributed by atoms with Gasteiger partial charge in [-0.3, -0.25) is 4.72 Å². The van der Waals surface area contributed by atoms with Gasteiger partial charge in [0.15, 0.2) is 0 Å². The standard InChI is InChI=1S/C21H22F6N2O3S.ClH/c22-20(23,24)10-1-11-29-12-8-15-2-3-17(14-16(15)9-13-29)28-33(30,31)19-6-4-18(5-7-19)32-21(25,26)27;/h2-7,14,28H,1,8-13H2;1H. The third kappa shape index (κ3) is 8.55. The van der Waals surface area contributed by atoms with Crippen LogP contribution in [0.2, 0.25) is 0 Å². The van der Waals surface area contributed by atoms with Gasteiger partial charge in [-0.15, -0.1) is 25.6 Å². The molecule has 0 atom stereocenters. The number of hydrogen-bond donors (Lipinski definition) is 1. The highest BCUT2D eigenvalue weighted by Crippen LogP contribution is 2.27. The molecule has 1 N–H and O–H groups in total. The van der Waals surface area contributed by atoms with E-state index in [0.717, 1.165) is 35.4 Å². The molecule has 0 aromatic heterocycles. The molecular weight excluding hydrogens is 510 g/mol. The summed E-state index contributed by atoms with van der Waals surface area (Å²) in [4.78, 5) is 1.72. The van der Waals surface area contributed by atoms with Crippen molar-refractivity contribution in [3.63, 3.8) is 0 Å². The zero-order valence-electron chi connectivity index (χ0n) is 17.7. The number of sulfonamides is 1. The SMILES string of the molecule is Cl.O=S(=O)(Nc1ccc2c(c1)CCN(CCCC(F)(F)F)CC2)c1ccc(OC(F)(F)F)cc1. The number of hydrogen-bond acceptors (Lipinski definition) is 4. The molecule has 0 amide bonds. The molecule has 0 saturated heterocycles. The number of anilines is 1. The van der Waals surface area contributed by atoms with Crippen LogP contribution in [0.3, 0.4) is 0 Å². The van der Waals surface area contributed by atoms with E-state index in [-0.39, 0.29) is 29.4 Å². The molecule has 0 fully saturated rings. The smallest absolute Gasteiger partial charge is 0.406 e. The van der Waals surface area contributed by atoms with E-state index in [4.69, 9.17) is 0 Å². The lowest BCUT2D eigenvalue weighted by Gasteiger charge is -2.19. The summed E-state index contributed by atoms with van der Waals surface area (Å²) in [5.41, 5.74) is 2.17. The van der Waals surface area contributed by atoms with E-state index in [9.17, 15) is 34.8 Å². The molecule has 0 bridgehead atoms. The molecule has 0 saturated carbocycles. The Hall–Kier alpha value is -2.18. The summed E-state index contributed by atoms with van der Waals surface area (Å²) >= 11 is 0. The Morgan fingerprint density at radius 1 is 0.912 bits per heavy atom. The Morgan fingerprint density at radius 3 is 2.12 bits per heavy atom.